The Morgan fingerprint density at radius 1 is 1.22 bits per heavy atom. The van der Waals surface area contributed by atoms with E-state index in [1.807, 2.05) is 6.07 Å². The lowest BCUT2D eigenvalue weighted by atomic mass is 9.97. The molecule has 10 nitrogen and oxygen atoms in total. The average Bonchev–Trinajstić information content (AvgIpc) is 3.31. The lowest BCUT2D eigenvalue weighted by Gasteiger charge is -2.41. The van der Waals surface area contributed by atoms with E-state index in [1.54, 1.807) is 0 Å². The van der Waals surface area contributed by atoms with Crippen molar-refractivity contribution in [3.05, 3.63) is 82.0 Å². The Labute approximate surface area is 234 Å². The number of nitriles is 1. The SMILES string of the molecule is [C-]#[N+]C1=C(C)N(c2cccc(C(F)(F)F)c2)C(=O)N(C(=O)NC2CCCC2O)[C@@H]1c1ccc(C#N)cc1S(C)(=O)=O. The number of nitrogens with zero attached hydrogens (tertiary/aromatic N) is 4. The molecular formula is C27H24F3N5O5S. The summed E-state index contributed by atoms with van der Waals surface area (Å²) >= 11 is 0. The van der Waals surface area contributed by atoms with Crippen LogP contribution >= 0.6 is 0 Å². The van der Waals surface area contributed by atoms with Crippen LogP contribution in [-0.2, 0) is 16.0 Å². The first-order chi connectivity index (χ1) is 19.2. The fourth-order valence-electron chi connectivity index (χ4n) is 5.04. The van der Waals surface area contributed by atoms with Crippen LogP contribution in [-0.4, -0.2) is 48.9 Å². The molecule has 0 radical (unpaired) electrons. The van der Waals surface area contributed by atoms with E-state index in [9.17, 15) is 41.5 Å². The predicted molar refractivity (Wildman–Crippen MR) is 140 cm³/mol. The third-order valence-corrected chi connectivity index (χ3v) is 8.17. The van der Waals surface area contributed by atoms with Crippen molar-refractivity contribution in [2.75, 3.05) is 11.2 Å². The highest BCUT2D eigenvalue weighted by molar-refractivity contribution is 7.90. The van der Waals surface area contributed by atoms with Gasteiger partial charge in [0.15, 0.2) is 9.84 Å². The van der Waals surface area contributed by atoms with Crippen LogP contribution in [0.3, 0.4) is 0 Å². The standard InChI is InChI=1S/C27H24F3N5O5S/c1-15-23(32-2)24(19-11-10-16(14-31)12-22(19)41(3,39)40)35(25(37)33-20-8-5-9-21(20)36)26(38)34(15)18-7-4-6-17(13-18)27(28,29)30/h4,6-7,10-13,20-21,24,36H,5,8-9H2,1,3H3,(H,33,37)/t20?,21?,24-/m1/s1. The molecule has 0 aromatic heterocycles. The van der Waals surface area contributed by atoms with Crippen LogP contribution in [0.1, 0.15) is 48.9 Å². The first-order valence-electron chi connectivity index (χ1n) is 12.3. The topological polar surface area (TPSA) is 135 Å². The highest BCUT2D eigenvalue weighted by Gasteiger charge is 2.46. The number of benzene rings is 2. The van der Waals surface area contributed by atoms with Crippen molar-refractivity contribution >= 4 is 27.6 Å². The van der Waals surface area contributed by atoms with Crippen molar-refractivity contribution < 1.29 is 36.3 Å². The van der Waals surface area contributed by atoms with Crippen molar-refractivity contribution in [1.82, 2.24) is 10.2 Å². The van der Waals surface area contributed by atoms with Crippen LogP contribution in [0.25, 0.3) is 4.85 Å². The number of carbonyl (C=O) groups excluding carboxylic acids is 2. The van der Waals surface area contributed by atoms with Crippen LogP contribution in [0.15, 0.2) is 58.8 Å². The molecule has 1 aliphatic heterocycles. The first-order valence-corrected chi connectivity index (χ1v) is 14.2. The number of anilines is 1. The zero-order chi connectivity index (χ0) is 30.3. The summed E-state index contributed by atoms with van der Waals surface area (Å²) in [6.07, 6.45) is -3.46. The maximum atomic E-state index is 14.0. The van der Waals surface area contributed by atoms with Gasteiger partial charge in [0.1, 0.15) is 6.04 Å². The molecule has 41 heavy (non-hydrogen) atoms. The number of alkyl halides is 3. The minimum atomic E-state index is -4.75. The van der Waals surface area contributed by atoms with E-state index in [4.69, 9.17) is 6.57 Å². The Kier molecular flexibility index (Phi) is 7.85. The summed E-state index contributed by atoms with van der Waals surface area (Å²) in [5.41, 5.74) is -1.96. The molecule has 0 bridgehead atoms. The Morgan fingerprint density at radius 2 is 1.93 bits per heavy atom. The number of urea groups is 2. The normalized spacial score (nSPS) is 21.5. The molecule has 4 amide bonds. The van der Waals surface area contributed by atoms with E-state index in [2.05, 4.69) is 10.2 Å². The van der Waals surface area contributed by atoms with Gasteiger partial charge in [0.2, 0.25) is 5.70 Å². The second-order valence-corrected chi connectivity index (χ2v) is 11.7. The largest absolute Gasteiger partial charge is 0.416 e. The molecule has 2 aromatic carbocycles. The van der Waals surface area contributed by atoms with Gasteiger partial charge in [-0.1, -0.05) is 12.1 Å². The first kappa shape index (κ1) is 29.6. The number of sulfone groups is 1. The number of hydrogen-bond acceptors (Lipinski definition) is 6. The molecule has 1 saturated carbocycles. The summed E-state index contributed by atoms with van der Waals surface area (Å²) in [4.78, 5) is 32.2. The van der Waals surface area contributed by atoms with Crippen molar-refractivity contribution in [2.45, 2.75) is 55.4 Å². The monoisotopic (exact) mass is 587 g/mol. The van der Waals surface area contributed by atoms with E-state index in [1.165, 1.54) is 25.1 Å². The molecule has 1 heterocycles. The number of halogens is 3. The quantitative estimate of drug-likeness (QED) is 0.497. The molecule has 1 fully saturated rings. The summed E-state index contributed by atoms with van der Waals surface area (Å²) in [7, 11) is -4.07. The smallest absolute Gasteiger partial charge is 0.391 e. The number of rotatable bonds is 4. The molecule has 1 aliphatic carbocycles. The van der Waals surface area contributed by atoms with Gasteiger partial charge in [-0.25, -0.2) is 27.8 Å². The maximum Gasteiger partial charge on any atom is 0.416 e. The number of aliphatic hydroxyl groups is 1. The Bertz CT molecular complexity index is 1640. The molecule has 4 rings (SSSR count). The second-order valence-electron chi connectivity index (χ2n) is 9.71. The third-order valence-electron chi connectivity index (χ3n) is 7.02. The molecular weight excluding hydrogens is 563 g/mol. The highest BCUT2D eigenvalue weighted by atomic mass is 32.2. The minimum absolute atomic E-state index is 0.0305. The van der Waals surface area contributed by atoms with E-state index < -0.39 is 56.7 Å². The number of amides is 4. The molecule has 214 valence electrons. The van der Waals surface area contributed by atoms with Crippen molar-refractivity contribution in [3.63, 3.8) is 0 Å². The summed E-state index contributed by atoms with van der Waals surface area (Å²) in [6.45, 7) is 9.21. The number of allylic oxidation sites excluding steroid dienone is 1. The summed E-state index contributed by atoms with van der Waals surface area (Å²) in [5, 5.41) is 22.2. The fourth-order valence-corrected chi connectivity index (χ4v) is 5.99. The van der Waals surface area contributed by atoms with E-state index >= 15 is 0 Å². The average molecular weight is 588 g/mol. The van der Waals surface area contributed by atoms with Gasteiger partial charge < -0.3 is 10.4 Å². The third kappa shape index (κ3) is 5.62. The molecule has 3 atom stereocenters. The number of carbonyl (C=O) groups is 2. The number of aliphatic hydroxyl groups excluding tert-OH is 1. The van der Waals surface area contributed by atoms with Crippen molar-refractivity contribution in [2.24, 2.45) is 0 Å². The molecule has 14 heteroatoms. The van der Waals surface area contributed by atoms with Crippen LogP contribution in [0, 0.1) is 17.9 Å². The van der Waals surface area contributed by atoms with Gasteiger partial charge in [-0.2, -0.15) is 18.4 Å². The number of hydrogen-bond donors (Lipinski definition) is 2. The Balaban J connectivity index is 1.97. The van der Waals surface area contributed by atoms with E-state index in [0.717, 1.165) is 29.4 Å². The highest BCUT2D eigenvalue weighted by Crippen LogP contribution is 2.43. The zero-order valence-electron chi connectivity index (χ0n) is 21.8. The van der Waals surface area contributed by atoms with Crippen LogP contribution in [0.5, 0.6) is 0 Å². The van der Waals surface area contributed by atoms with E-state index in [0.29, 0.717) is 30.2 Å². The van der Waals surface area contributed by atoms with Crippen LogP contribution in [0.2, 0.25) is 0 Å². The maximum absolute atomic E-state index is 14.0. The number of imide groups is 1. The van der Waals surface area contributed by atoms with E-state index in [-0.39, 0.29) is 28.2 Å². The van der Waals surface area contributed by atoms with Gasteiger partial charge in [0.05, 0.1) is 40.8 Å². The predicted octanol–water partition coefficient (Wildman–Crippen LogP) is 4.74. The van der Waals surface area contributed by atoms with Gasteiger partial charge in [-0.15, -0.1) is 0 Å². The molecule has 2 aliphatic rings. The molecule has 0 saturated heterocycles. The summed E-state index contributed by atoms with van der Waals surface area (Å²) < 4.78 is 66.1. The fraction of sp³-hybridized carbons (Fsp3) is 0.333. The second kappa shape index (κ2) is 10.9. The van der Waals surface area contributed by atoms with Crippen LogP contribution in [0.4, 0.5) is 28.4 Å². The van der Waals surface area contributed by atoms with Gasteiger partial charge in [-0.05, 0) is 62.1 Å². The summed E-state index contributed by atoms with van der Waals surface area (Å²) in [6, 6.07) is 4.55. The van der Waals surface area contributed by atoms with Crippen molar-refractivity contribution in [1.29, 1.82) is 5.26 Å². The molecule has 2 N–H and O–H groups in total. The van der Waals surface area contributed by atoms with Gasteiger partial charge >= 0.3 is 18.2 Å². The minimum Gasteiger partial charge on any atom is -0.391 e. The van der Waals surface area contributed by atoms with Crippen LogP contribution < -0.4 is 10.2 Å². The zero-order valence-corrected chi connectivity index (χ0v) is 22.6. The van der Waals surface area contributed by atoms with Gasteiger partial charge in [0.25, 0.3) is 0 Å². The van der Waals surface area contributed by atoms with Gasteiger partial charge in [0, 0.05) is 17.6 Å². The number of nitrogens with one attached hydrogen (secondary N) is 1. The lowest BCUT2D eigenvalue weighted by Crippen LogP contribution is -2.57. The molecule has 2 aromatic rings. The molecule has 0 spiro atoms. The summed E-state index contributed by atoms with van der Waals surface area (Å²) in [5.74, 6) is 0. The lowest BCUT2D eigenvalue weighted by molar-refractivity contribution is -0.137. The molecule has 2 unspecified atom stereocenters. The Hall–Kier alpha value is -4.40. The van der Waals surface area contributed by atoms with Crippen molar-refractivity contribution in [3.8, 4) is 6.07 Å². The Morgan fingerprint density at radius 3 is 2.49 bits per heavy atom. The van der Waals surface area contributed by atoms with Gasteiger partial charge in [-0.3, -0.25) is 4.90 Å².